The van der Waals surface area contributed by atoms with Crippen LogP contribution in [-0.2, 0) is 6.42 Å². The molecule has 0 bridgehead atoms. The van der Waals surface area contributed by atoms with Gasteiger partial charge >= 0.3 is 0 Å². The van der Waals surface area contributed by atoms with E-state index in [1.165, 1.54) is 0 Å². The Morgan fingerprint density at radius 3 is 2.62 bits per heavy atom. The molecule has 5 rings (SSSR count). The Labute approximate surface area is 195 Å². The Hall–Kier alpha value is -3.26. The number of fused-ring (bicyclic) bond motifs is 1. The molecule has 9 heteroatoms. The highest BCUT2D eigenvalue weighted by Gasteiger charge is 2.13. The number of hydrogen-bond acceptors (Lipinski definition) is 6. The fraction of sp³-hybridized carbons (Fsp3) is 0.0435. The van der Waals surface area contributed by atoms with Crippen LogP contribution in [0.25, 0.3) is 22.4 Å². The van der Waals surface area contributed by atoms with Gasteiger partial charge in [-0.2, -0.15) is 14.6 Å². The molecule has 2 aromatic carbocycles. The first-order chi connectivity index (χ1) is 15.5. The van der Waals surface area contributed by atoms with Crippen molar-refractivity contribution in [3.63, 3.8) is 0 Å². The summed E-state index contributed by atoms with van der Waals surface area (Å²) in [6.45, 7) is 0. The van der Waals surface area contributed by atoms with Gasteiger partial charge in [-0.1, -0.05) is 64.9 Å². The number of halogens is 2. The van der Waals surface area contributed by atoms with Gasteiger partial charge < -0.3 is 4.42 Å². The van der Waals surface area contributed by atoms with E-state index in [0.29, 0.717) is 38.1 Å². The van der Waals surface area contributed by atoms with Crippen molar-refractivity contribution < 1.29 is 4.42 Å². The first kappa shape index (κ1) is 20.6. The summed E-state index contributed by atoms with van der Waals surface area (Å²) in [7, 11) is 0. The Kier molecular flexibility index (Phi) is 5.38. The number of furan rings is 1. The van der Waals surface area contributed by atoms with Crippen LogP contribution < -0.4 is 15.7 Å². The van der Waals surface area contributed by atoms with Crippen LogP contribution in [0.3, 0.4) is 0 Å². The molecule has 0 amide bonds. The maximum Gasteiger partial charge on any atom is 0.296 e. The molecule has 0 aliphatic heterocycles. The number of hydrogen-bond donors (Lipinski definition) is 0. The van der Waals surface area contributed by atoms with Gasteiger partial charge in [0.25, 0.3) is 11.1 Å². The first-order valence-electron chi connectivity index (χ1n) is 9.51. The fourth-order valence-electron chi connectivity index (χ4n) is 3.23. The van der Waals surface area contributed by atoms with Crippen LogP contribution in [0.2, 0.25) is 10.0 Å². The van der Waals surface area contributed by atoms with Crippen molar-refractivity contribution >= 4 is 45.6 Å². The zero-order valence-electron chi connectivity index (χ0n) is 16.3. The summed E-state index contributed by atoms with van der Waals surface area (Å²) in [5.74, 6) is 1.00. The minimum absolute atomic E-state index is 0.216. The molecule has 0 saturated carbocycles. The van der Waals surface area contributed by atoms with Crippen LogP contribution in [-0.4, -0.2) is 14.6 Å². The smallest absolute Gasteiger partial charge is 0.296 e. The van der Waals surface area contributed by atoms with Crippen LogP contribution in [0.15, 0.2) is 74.7 Å². The molecule has 0 unspecified atom stereocenters. The lowest BCUT2D eigenvalue weighted by atomic mass is 10.1. The Morgan fingerprint density at radius 2 is 1.84 bits per heavy atom. The van der Waals surface area contributed by atoms with Crippen LogP contribution >= 0.6 is 34.5 Å². The van der Waals surface area contributed by atoms with E-state index in [1.807, 2.05) is 30.3 Å². The highest BCUT2D eigenvalue weighted by atomic mass is 35.5. The standard InChI is InChI=1S/C23H13Cl2N3O3S/c24-14-6-8-16(17(25)11-14)19-9-7-15(31-19)12-20-22(30)28-23(32-20)26-21(29)18(27-28)10-13-4-2-1-3-5-13/h1-9,11-12H,10H2. The molecule has 0 aliphatic rings. The Morgan fingerprint density at radius 1 is 1.03 bits per heavy atom. The monoisotopic (exact) mass is 481 g/mol. The summed E-state index contributed by atoms with van der Waals surface area (Å²) in [6.07, 6.45) is 1.89. The Bertz CT molecular complexity index is 1620. The lowest BCUT2D eigenvalue weighted by Crippen LogP contribution is -2.28. The molecule has 0 radical (unpaired) electrons. The SMILES string of the molecule is O=c1nc2sc(=Cc3ccc(-c4ccc(Cl)cc4Cl)o3)c(=O)n2nc1Cc1ccccc1. The average molecular weight is 482 g/mol. The van der Waals surface area contributed by atoms with Gasteiger partial charge in [-0.05, 0) is 35.9 Å². The van der Waals surface area contributed by atoms with E-state index in [9.17, 15) is 9.59 Å². The summed E-state index contributed by atoms with van der Waals surface area (Å²) in [5.41, 5.74) is 1.01. The molecule has 5 aromatic rings. The minimum Gasteiger partial charge on any atom is -0.457 e. The normalized spacial score (nSPS) is 12.0. The van der Waals surface area contributed by atoms with Crippen molar-refractivity contribution in [3.05, 3.63) is 113 Å². The summed E-state index contributed by atoms with van der Waals surface area (Å²) in [5, 5.41) is 5.25. The molecule has 0 N–H and O–H groups in total. The molecular weight excluding hydrogens is 469 g/mol. The van der Waals surface area contributed by atoms with E-state index < -0.39 is 5.56 Å². The molecular formula is C23H13Cl2N3O3S. The predicted octanol–water partition coefficient (Wildman–Crippen LogP) is 4.22. The molecule has 0 aliphatic carbocycles. The molecule has 0 saturated heterocycles. The van der Waals surface area contributed by atoms with Gasteiger partial charge in [0.1, 0.15) is 21.7 Å². The van der Waals surface area contributed by atoms with Crippen LogP contribution in [0.1, 0.15) is 17.0 Å². The maximum absolute atomic E-state index is 12.9. The quantitative estimate of drug-likeness (QED) is 0.384. The number of rotatable bonds is 4. The van der Waals surface area contributed by atoms with Crippen molar-refractivity contribution in [3.8, 4) is 11.3 Å². The second kappa shape index (κ2) is 8.35. The van der Waals surface area contributed by atoms with Crippen LogP contribution in [0.5, 0.6) is 0 Å². The largest absolute Gasteiger partial charge is 0.457 e. The van der Waals surface area contributed by atoms with Crippen molar-refractivity contribution in [1.29, 1.82) is 0 Å². The average Bonchev–Trinajstić information content (AvgIpc) is 3.34. The molecule has 0 atom stereocenters. The Balaban J connectivity index is 1.54. The molecule has 158 valence electrons. The lowest BCUT2D eigenvalue weighted by molar-refractivity contribution is 0.571. The van der Waals surface area contributed by atoms with Crippen molar-refractivity contribution in [2.45, 2.75) is 6.42 Å². The maximum atomic E-state index is 12.9. The van der Waals surface area contributed by atoms with E-state index in [1.54, 1.807) is 36.4 Å². The van der Waals surface area contributed by atoms with Crippen molar-refractivity contribution in [2.24, 2.45) is 0 Å². The van der Waals surface area contributed by atoms with Gasteiger partial charge in [0.2, 0.25) is 4.96 Å². The number of benzene rings is 2. The topological polar surface area (TPSA) is 77.5 Å². The van der Waals surface area contributed by atoms with Gasteiger partial charge in [-0.3, -0.25) is 9.59 Å². The lowest BCUT2D eigenvalue weighted by Gasteiger charge is -2.00. The van der Waals surface area contributed by atoms with E-state index in [0.717, 1.165) is 21.4 Å². The zero-order valence-corrected chi connectivity index (χ0v) is 18.6. The number of thiazole rings is 1. The van der Waals surface area contributed by atoms with Crippen LogP contribution in [0.4, 0.5) is 0 Å². The van der Waals surface area contributed by atoms with E-state index in [2.05, 4.69) is 10.1 Å². The highest BCUT2D eigenvalue weighted by molar-refractivity contribution is 7.15. The van der Waals surface area contributed by atoms with Crippen molar-refractivity contribution in [2.75, 3.05) is 0 Å². The number of aromatic nitrogens is 3. The van der Waals surface area contributed by atoms with Gasteiger partial charge in [0.05, 0.1) is 5.02 Å². The first-order valence-corrected chi connectivity index (χ1v) is 11.1. The van der Waals surface area contributed by atoms with Gasteiger partial charge in [-0.15, -0.1) is 0 Å². The molecule has 32 heavy (non-hydrogen) atoms. The molecule has 0 fully saturated rings. The fourth-order valence-corrected chi connectivity index (χ4v) is 4.62. The zero-order chi connectivity index (χ0) is 22.2. The highest BCUT2D eigenvalue weighted by Crippen LogP contribution is 2.31. The third-order valence-corrected chi connectivity index (χ3v) is 6.27. The third-order valence-electron chi connectivity index (χ3n) is 4.76. The van der Waals surface area contributed by atoms with Gasteiger partial charge in [0, 0.05) is 23.1 Å². The van der Waals surface area contributed by atoms with Gasteiger partial charge in [0.15, 0.2) is 0 Å². The molecule has 3 heterocycles. The predicted molar refractivity (Wildman–Crippen MR) is 126 cm³/mol. The van der Waals surface area contributed by atoms with Crippen LogP contribution in [0, 0.1) is 0 Å². The van der Waals surface area contributed by atoms with Gasteiger partial charge in [-0.25, -0.2) is 0 Å². The second-order valence-corrected chi connectivity index (χ2v) is 8.82. The van der Waals surface area contributed by atoms with Crippen molar-refractivity contribution in [1.82, 2.24) is 14.6 Å². The molecule has 6 nitrogen and oxygen atoms in total. The summed E-state index contributed by atoms with van der Waals surface area (Å²) >= 11 is 13.3. The summed E-state index contributed by atoms with van der Waals surface area (Å²) < 4.78 is 7.36. The summed E-state index contributed by atoms with van der Waals surface area (Å²) in [4.78, 5) is 29.6. The van der Waals surface area contributed by atoms with E-state index in [-0.39, 0.29) is 16.2 Å². The number of nitrogens with zero attached hydrogens (tertiary/aromatic N) is 3. The molecule has 0 spiro atoms. The third kappa shape index (κ3) is 3.98. The second-order valence-electron chi connectivity index (χ2n) is 6.96. The van der Waals surface area contributed by atoms with E-state index in [4.69, 9.17) is 27.6 Å². The molecule has 3 aromatic heterocycles. The minimum atomic E-state index is -0.445. The van der Waals surface area contributed by atoms with E-state index >= 15 is 0 Å². The summed E-state index contributed by atoms with van der Waals surface area (Å²) in [6, 6.07) is 18.0.